The van der Waals surface area contributed by atoms with Gasteiger partial charge in [-0.15, -0.1) is 0 Å². The predicted octanol–water partition coefficient (Wildman–Crippen LogP) is 4.24. The molecular weight excluding hydrogens is 506 g/mol. The Kier molecular flexibility index (Phi) is 8.86. The molecule has 0 saturated heterocycles. The number of allylic oxidation sites excluding steroid dienone is 3. The van der Waals surface area contributed by atoms with Crippen LogP contribution in [0.15, 0.2) is 72.6 Å². The standard InChI is InChI=1S/C26H27ClNO7S/c1-28(14-4-6-19-8-11-21(27)18-23(19)26(30)33-2)15-5-7-24(28)25(29)20-9-12-22(13-10-20)34-16-17-35-36(3,31)32/h4-13,15,18H,14,16-17H2,1-3H3/q+1. The van der Waals surface area contributed by atoms with Crippen molar-refractivity contribution in [2.45, 2.75) is 0 Å². The number of ketones is 1. The average Bonchev–Trinajstić information content (AvgIpc) is 3.22. The van der Waals surface area contributed by atoms with Crippen molar-refractivity contribution in [3.05, 3.63) is 94.3 Å². The van der Waals surface area contributed by atoms with Crippen LogP contribution in [0.25, 0.3) is 6.08 Å². The number of ether oxygens (including phenoxy) is 2. The van der Waals surface area contributed by atoms with Crippen LogP contribution in [0.4, 0.5) is 0 Å². The van der Waals surface area contributed by atoms with Crippen LogP contribution < -0.4 is 4.74 Å². The van der Waals surface area contributed by atoms with Crippen LogP contribution in [-0.2, 0) is 19.0 Å². The van der Waals surface area contributed by atoms with Crippen molar-refractivity contribution in [2.75, 3.05) is 40.2 Å². The van der Waals surface area contributed by atoms with Crippen LogP contribution in [0, 0.1) is 0 Å². The Balaban J connectivity index is 1.66. The van der Waals surface area contributed by atoms with Crippen LogP contribution in [-0.4, -0.2) is 64.8 Å². The van der Waals surface area contributed by atoms with Crippen molar-refractivity contribution in [1.29, 1.82) is 0 Å². The number of quaternary nitrogens is 1. The molecule has 0 radical (unpaired) electrons. The molecule has 2 aromatic carbocycles. The summed E-state index contributed by atoms with van der Waals surface area (Å²) in [6.07, 6.45) is 10.2. The number of hydrogen-bond acceptors (Lipinski definition) is 7. The van der Waals surface area contributed by atoms with Crippen LogP contribution in [0.2, 0.25) is 5.02 Å². The third kappa shape index (κ3) is 7.14. The number of rotatable bonds is 11. The first-order valence-corrected chi connectivity index (χ1v) is 13.1. The Labute approximate surface area is 215 Å². The highest BCUT2D eigenvalue weighted by Gasteiger charge is 2.33. The molecule has 0 bridgehead atoms. The first-order valence-electron chi connectivity index (χ1n) is 10.9. The fourth-order valence-corrected chi connectivity index (χ4v) is 4.14. The summed E-state index contributed by atoms with van der Waals surface area (Å²) in [5.74, 6) is -0.124. The maximum atomic E-state index is 13.2. The van der Waals surface area contributed by atoms with Crippen molar-refractivity contribution in [3.63, 3.8) is 0 Å². The molecule has 3 rings (SSSR count). The van der Waals surface area contributed by atoms with E-state index in [-0.39, 0.29) is 23.5 Å². The Morgan fingerprint density at radius 3 is 2.47 bits per heavy atom. The summed E-state index contributed by atoms with van der Waals surface area (Å²) in [6.45, 7) is 0.430. The fourth-order valence-electron chi connectivity index (χ4n) is 3.60. The van der Waals surface area contributed by atoms with Crippen molar-refractivity contribution < 1.29 is 36.1 Å². The second kappa shape index (κ2) is 11.7. The number of Topliss-reactive ketones (excluding diaryl/α,β-unsaturated/α-hetero) is 1. The van der Waals surface area contributed by atoms with Crippen LogP contribution in [0.3, 0.4) is 0 Å². The van der Waals surface area contributed by atoms with Crippen LogP contribution in [0.5, 0.6) is 5.75 Å². The molecular formula is C26H27ClNO7S+. The monoisotopic (exact) mass is 532 g/mol. The fraction of sp³-hybridized carbons (Fsp3) is 0.231. The normalized spacial score (nSPS) is 17.3. The lowest BCUT2D eigenvalue weighted by molar-refractivity contribution is -0.806. The minimum Gasteiger partial charge on any atom is -0.491 e. The lowest BCUT2D eigenvalue weighted by Crippen LogP contribution is -2.38. The first kappa shape index (κ1) is 27.3. The maximum absolute atomic E-state index is 13.2. The van der Waals surface area contributed by atoms with E-state index in [0.29, 0.717) is 39.7 Å². The largest absolute Gasteiger partial charge is 0.491 e. The van der Waals surface area contributed by atoms with Crippen molar-refractivity contribution in [2.24, 2.45) is 0 Å². The first-order chi connectivity index (χ1) is 17.0. The molecule has 10 heteroatoms. The van der Waals surface area contributed by atoms with E-state index in [0.717, 1.165) is 6.26 Å². The molecule has 0 fully saturated rings. The summed E-state index contributed by atoms with van der Waals surface area (Å²) >= 11 is 6.02. The maximum Gasteiger partial charge on any atom is 0.338 e. The molecule has 2 aromatic rings. The predicted molar refractivity (Wildman–Crippen MR) is 137 cm³/mol. The summed E-state index contributed by atoms with van der Waals surface area (Å²) in [5.41, 5.74) is 2.09. The van der Waals surface area contributed by atoms with Gasteiger partial charge in [-0.1, -0.05) is 23.7 Å². The third-order valence-corrected chi connectivity index (χ3v) is 6.25. The van der Waals surface area contributed by atoms with Crippen LogP contribution in [0.1, 0.15) is 26.3 Å². The lowest BCUT2D eigenvalue weighted by Gasteiger charge is -2.27. The summed E-state index contributed by atoms with van der Waals surface area (Å²) in [6, 6.07) is 11.6. The van der Waals surface area contributed by atoms with Gasteiger partial charge in [0.05, 0.1) is 26.0 Å². The van der Waals surface area contributed by atoms with E-state index < -0.39 is 16.1 Å². The minimum atomic E-state index is -3.52. The lowest BCUT2D eigenvalue weighted by atomic mass is 10.1. The van der Waals surface area contributed by atoms with Crippen molar-refractivity contribution in [1.82, 2.24) is 0 Å². The SMILES string of the molecule is COC(=O)c1cc(Cl)ccc1C=CC[N+]1(C)C=CC=C1C(=O)c1ccc(OCCOS(C)(=O)=O)cc1. The quantitative estimate of drug-likeness (QED) is 0.140. The van der Waals surface area contributed by atoms with E-state index in [9.17, 15) is 18.0 Å². The molecule has 0 amide bonds. The average molecular weight is 533 g/mol. The van der Waals surface area contributed by atoms with Gasteiger partial charge in [0.1, 0.15) is 31.7 Å². The summed E-state index contributed by atoms with van der Waals surface area (Å²) in [4.78, 5) is 25.3. The molecule has 0 N–H and O–H groups in total. The molecule has 1 unspecified atom stereocenters. The van der Waals surface area contributed by atoms with Gasteiger partial charge in [-0.05, 0) is 54.1 Å². The number of hydrogen-bond donors (Lipinski definition) is 0. The third-order valence-electron chi connectivity index (χ3n) is 5.42. The number of nitrogens with zero attached hydrogens (tertiary/aromatic N) is 1. The Hall–Kier alpha value is -3.24. The zero-order valence-corrected chi connectivity index (χ0v) is 21.7. The highest BCUT2D eigenvalue weighted by Crippen LogP contribution is 2.27. The number of likely N-dealkylation sites (N-methyl/N-ethyl adjacent to an activating group) is 1. The second-order valence-electron chi connectivity index (χ2n) is 8.20. The Morgan fingerprint density at radius 1 is 1.08 bits per heavy atom. The summed E-state index contributed by atoms with van der Waals surface area (Å²) < 4.78 is 37.2. The van der Waals surface area contributed by atoms with Gasteiger partial charge >= 0.3 is 5.97 Å². The molecule has 1 heterocycles. The van der Waals surface area contributed by atoms with Gasteiger partial charge < -0.3 is 9.47 Å². The van der Waals surface area contributed by atoms with E-state index in [2.05, 4.69) is 4.18 Å². The topological polar surface area (TPSA) is 96.0 Å². The number of benzene rings is 2. The highest BCUT2D eigenvalue weighted by atomic mass is 35.5. The zero-order chi connectivity index (χ0) is 26.3. The van der Waals surface area contributed by atoms with Gasteiger partial charge in [0.25, 0.3) is 10.1 Å². The molecule has 1 aliphatic heterocycles. The number of carbonyl (C=O) groups excluding carboxylic acids is 2. The van der Waals surface area contributed by atoms with Crippen LogP contribution >= 0.6 is 11.6 Å². The van der Waals surface area contributed by atoms with E-state index in [1.165, 1.54) is 7.11 Å². The van der Waals surface area contributed by atoms with E-state index in [4.69, 9.17) is 21.1 Å². The van der Waals surface area contributed by atoms with E-state index >= 15 is 0 Å². The number of halogens is 1. The molecule has 8 nitrogen and oxygen atoms in total. The second-order valence-corrected chi connectivity index (χ2v) is 10.3. The van der Waals surface area contributed by atoms with Gasteiger partial charge in [-0.25, -0.2) is 4.79 Å². The summed E-state index contributed by atoms with van der Waals surface area (Å²) in [5, 5.41) is 0.434. The molecule has 190 valence electrons. The molecule has 0 aliphatic carbocycles. The molecule has 0 aromatic heterocycles. The molecule has 36 heavy (non-hydrogen) atoms. The van der Waals surface area contributed by atoms with Gasteiger partial charge in [-0.3, -0.25) is 13.5 Å². The molecule has 1 atom stereocenters. The molecule has 0 saturated carbocycles. The van der Waals surface area contributed by atoms with Gasteiger partial charge in [0.15, 0.2) is 5.70 Å². The van der Waals surface area contributed by atoms with Crippen molar-refractivity contribution >= 4 is 39.5 Å². The van der Waals surface area contributed by atoms with Gasteiger partial charge in [0, 0.05) is 16.7 Å². The molecule has 0 spiro atoms. The van der Waals surface area contributed by atoms with Gasteiger partial charge in [0.2, 0.25) is 5.78 Å². The smallest absolute Gasteiger partial charge is 0.338 e. The zero-order valence-electron chi connectivity index (χ0n) is 20.1. The Bertz CT molecular complexity index is 1330. The highest BCUT2D eigenvalue weighted by molar-refractivity contribution is 7.85. The van der Waals surface area contributed by atoms with E-state index in [1.807, 2.05) is 25.4 Å². The number of esters is 1. The number of carbonyl (C=O) groups is 2. The van der Waals surface area contributed by atoms with E-state index in [1.54, 1.807) is 54.6 Å². The Morgan fingerprint density at radius 2 is 1.81 bits per heavy atom. The summed E-state index contributed by atoms with van der Waals surface area (Å²) in [7, 11) is -0.289. The number of methoxy groups -OCH3 is 1. The van der Waals surface area contributed by atoms with Gasteiger partial charge in [-0.2, -0.15) is 8.42 Å². The molecule has 1 aliphatic rings. The van der Waals surface area contributed by atoms with Crippen molar-refractivity contribution in [3.8, 4) is 5.75 Å². The minimum absolute atomic E-state index is 0.0576.